The van der Waals surface area contributed by atoms with Crippen molar-refractivity contribution in [2.75, 3.05) is 0 Å². The standard InChI is InChI=1S/C13H17FO3/c1-8(2)9-5-10(14)7-11(6-9)17-13(3,4)12(15)16/h5-8H,1-4H3,(H,15,16). The number of benzene rings is 1. The molecular formula is C13H17FO3. The second-order valence-corrected chi connectivity index (χ2v) is 4.79. The molecule has 0 aromatic heterocycles. The van der Waals surface area contributed by atoms with E-state index in [4.69, 9.17) is 9.84 Å². The predicted octanol–water partition coefficient (Wildman–Crippen LogP) is 3.19. The molecule has 0 heterocycles. The molecular weight excluding hydrogens is 223 g/mol. The predicted molar refractivity (Wildman–Crippen MR) is 62.8 cm³/mol. The Hall–Kier alpha value is -1.58. The molecule has 0 radical (unpaired) electrons. The summed E-state index contributed by atoms with van der Waals surface area (Å²) in [7, 11) is 0. The van der Waals surface area contributed by atoms with Crippen molar-refractivity contribution in [1.82, 2.24) is 0 Å². The third-order valence-electron chi connectivity index (χ3n) is 2.45. The highest BCUT2D eigenvalue weighted by Gasteiger charge is 2.29. The van der Waals surface area contributed by atoms with Gasteiger partial charge in [-0.2, -0.15) is 0 Å². The van der Waals surface area contributed by atoms with Crippen LogP contribution in [0.15, 0.2) is 18.2 Å². The van der Waals surface area contributed by atoms with Gasteiger partial charge in [0.1, 0.15) is 11.6 Å². The Morgan fingerprint density at radius 2 is 1.94 bits per heavy atom. The second-order valence-electron chi connectivity index (χ2n) is 4.79. The van der Waals surface area contributed by atoms with Gasteiger partial charge in [0.15, 0.2) is 5.60 Å². The van der Waals surface area contributed by atoms with E-state index in [0.29, 0.717) is 0 Å². The van der Waals surface area contributed by atoms with E-state index in [0.717, 1.165) is 5.56 Å². The first-order chi connectivity index (χ1) is 7.72. The van der Waals surface area contributed by atoms with E-state index in [2.05, 4.69) is 0 Å². The normalized spacial score (nSPS) is 11.6. The maximum atomic E-state index is 13.3. The second kappa shape index (κ2) is 4.73. The maximum Gasteiger partial charge on any atom is 0.347 e. The fourth-order valence-corrected chi connectivity index (χ4v) is 1.31. The van der Waals surface area contributed by atoms with Gasteiger partial charge in [-0.25, -0.2) is 9.18 Å². The summed E-state index contributed by atoms with van der Waals surface area (Å²) < 4.78 is 18.6. The first-order valence-corrected chi connectivity index (χ1v) is 5.45. The molecule has 0 amide bonds. The fourth-order valence-electron chi connectivity index (χ4n) is 1.31. The first-order valence-electron chi connectivity index (χ1n) is 5.45. The van der Waals surface area contributed by atoms with Crippen molar-refractivity contribution in [3.8, 4) is 5.75 Å². The molecule has 3 nitrogen and oxygen atoms in total. The highest BCUT2D eigenvalue weighted by atomic mass is 19.1. The number of hydrogen-bond acceptors (Lipinski definition) is 2. The highest BCUT2D eigenvalue weighted by Crippen LogP contribution is 2.25. The molecule has 0 aliphatic rings. The molecule has 1 rings (SSSR count). The van der Waals surface area contributed by atoms with Crippen molar-refractivity contribution >= 4 is 5.97 Å². The maximum absolute atomic E-state index is 13.3. The summed E-state index contributed by atoms with van der Waals surface area (Å²) in [6.07, 6.45) is 0. The Kier molecular flexibility index (Phi) is 3.76. The molecule has 0 bridgehead atoms. The number of carboxylic acids is 1. The zero-order valence-corrected chi connectivity index (χ0v) is 10.5. The molecule has 0 unspecified atom stereocenters. The van der Waals surface area contributed by atoms with Gasteiger partial charge in [-0.05, 0) is 37.5 Å². The Morgan fingerprint density at radius 1 is 1.35 bits per heavy atom. The van der Waals surface area contributed by atoms with Crippen LogP contribution in [0.1, 0.15) is 39.2 Å². The van der Waals surface area contributed by atoms with Crippen LogP contribution in [-0.2, 0) is 4.79 Å². The van der Waals surface area contributed by atoms with E-state index in [1.807, 2.05) is 13.8 Å². The van der Waals surface area contributed by atoms with Crippen molar-refractivity contribution in [2.24, 2.45) is 0 Å². The smallest absolute Gasteiger partial charge is 0.347 e. The summed E-state index contributed by atoms with van der Waals surface area (Å²) in [5.41, 5.74) is -0.594. The minimum absolute atomic E-state index is 0.154. The lowest BCUT2D eigenvalue weighted by molar-refractivity contribution is -0.152. The first kappa shape index (κ1) is 13.5. The quantitative estimate of drug-likeness (QED) is 0.879. The number of carboxylic acid groups (broad SMARTS) is 1. The molecule has 17 heavy (non-hydrogen) atoms. The number of halogens is 1. The van der Waals surface area contributed by atoms with Crippen molar-refractivity contribution < 1.29 is 19.0 Å². The average molecular weight is 240 g/mol. The monoisotopic (exact) mass is 240 g/mol. The molecule has 1 aromatic carbocycles. The van der Waals surface area contributed by atoms with E-state index in [-0.39, 0.29) is 11.7 Å². The van der Waals surface area contributed by atoms with Crippen LogP contribution in [-0.4, -0.2) is 16.7 Å². The lowest BCUT2D eigenvalue weighted by atomic mass is 10.0. The molecule has 0 spiro atoms. The number of aliphatic carboxylic acids is 1. The fraction of sp³-hybridized carbons (Fsp3) is 0.462. The van der Waals surface area contributed by atoms with Gasteiger partial charge in [0.2, 0.25) is 0 Å². The summed E-state index contributed by atoms with van der Waals surface area (Å²) in [5.74, 6) is -1.12. The third-order valence-corrected chi connectivity index (χ3v) is 2.45. The van der Waals surface area contributed by atoms with E-state index in [9.17, 15) is 9.18 Å². The third kappa shape index (κ3) is 3.44. The Morgan fingerprint density at radius 3 is 2.41 bits per heavy atom. The van der Waals surface area contributed by atoms with Gasteiger partial charge in [-0.3, -0.25) is 0 Å². The zero-order chi connectivity index (χ0) is 13.2. The van der Waals surface area contributed by atoms with E-state index < -0.39 is 17.4 Å². The van der Waals surface area contributed by atoms with Crippen LogP contribution in [0, 0.1) is 5.82 Å². The molecule has 0 saturated heterocycles. The van der Waals surface area contributed by atoms with Crippen LogP contribution >= 0.6 is 0 Å². The van der Waals surface area contributed by atoms with E-state index >= 15 is 0 Å². The number of ether oxygens (including phenoxy) is 1. The van der Waals surface area contributed by atoms with Crippen molar-refractivity contribution in [1.29, 1.82) is 0 Å². The molecule has 0 saturated carbocycles. The summed E-state index contributed by atoms with van der Waals surface area (Å²) in [5, 5.41) is 8.93. The van der Waals surface area contributed by atoms with Crippen molar-refractivity contribution in [3.63, 3.8) is 0 Å². The lowest BCUT2D eigenvalue weighted by Gasteiger charge is -2.22. The van der Waals surface area contributed by atoms with Crippen LogP contribution in [0.5, 0.6) is 5.75 Å². The van der Waals surface area contributed by atoms with Gasteiger partial charge in [0.25, 0.3) is 0 Å². The van der Waals surface area contributed by atoms with Crippen molar-refractivity contribution in [2.45, 2.75) is 39.2 Å². The van der Waals surface area contributed by atoms with Crippen LogP contribution in [0.3, 0.4) is 0 Å². The average Bonchev–Trinajstić information content (AvgIpc) is 2.15. The van der Waals surface area contributed by atoms with Gasteiger partial charge in [-0.1, -0.05) is 13.8 Å². The minimum Gasteiger partial charge on any atom is -0.478 e. The van der Waals surface area contributed by atoms with Crippen LogP contribution in [0.4, 0.5) is 4.39 Å². The summed E-state index contributed by atoms with van der Waals surface area (Å²) in [6, 6.07) is 4.28. The molecule has 1 N–H and O–H groups in total. The van der Waals surface area contributed by atoms with E-state index in [1.165, 1.54) is 26.0 Å². The zero-order valence-electron chi connectivity index (χ0n) is 10.5. The molecule has 1 aromatic rings. The van der Waals surface area contributed by atoms with Crippen LogP contribution in [0.25, 0.3) is 0 Å². The van der Waals surface area contributed by atoms with Gasteiger partial charge in [0.05, 0.1) is 0 Å². The van der Waals surface area contributed by atoms with Crippen LogP contribution in [0.2, 0.25) is 0 Å². The number of carbonyl (C=O) groups is 1. The van der Waals surface area contributed by atoms with Gasteiger partial charge >= 0.3 is 5.97 Å². The molecule has 0 atom stereocenters. The van der Waals surface area contributed by atoms with Crippen LogP contribution < -0.4 is 4.74 Å². The molecule has 0 fully saturated rings. The topological polar surface area (TPSA) is 46.5 Å². The van der Waals surface area contributed by atoms with Crippen molar-refractivity contribution in [3.05, 3.63) is 29.6 Å². The number of rotatable bonds is 4. The largest absolute Gasteiger partial charge is 0.478 e. The Labute approximate surface area is 100 Å². The highest BCUT2D eigenvalue weighted by molar-refractivity contribution is 5.76. The summed E-state index contributed by atoms with van der Waals surface area (Å²) in [6.45, 7) is 6.71. The Bertz CT molecular complexity index is 425. The molecule has 0 aliphatic heterocycles. The van der Waals surface area contributed by atoms with Gasteiger partial charge in [0, 0.05) is 6.07 Å². The summed E-state index contributed by atoms with van der Waals surface area (Å²) in [4.78, 5) is 10.9. The SMILES string of the molecule is CC(C)c1cc(F)cc(OC(C)(C)C(=O)O)c1. The summed E-state index contributed by atoms with van der Waals surface area (Å²) >= 11 is 0. The molecule has 4 heteroatoms. The van der Waals surface area contributed by atoms with Gasteiger partial charge in [-0.15, -0.1) is 0 Å². The molecule has 0 aliphatic carbocycles. The lowest BCUT2D eigenvalue weighted by Crippen LogP contribution is -2.37. The molecule has 94 valence electrons. The number of hydrogen-bond donors (Lipinski definition) is 1. The van der Waals surface area contributed by atoms with E-state index in [1.54, 1.807) is 6.07 Å². The van der Waals surface area contributed by atoms with Gasteiger partial charge < -0.3 is 9.84 Å². The Balaban J connectivity index is 3.03. The minimum atomic E-state index is -1.37.